The smallest absolute Gasteiger partial charge is 0.173 e. The molecule has 0 aromatic carbocycles. The SMILES string of the molecule is CON=C1CC2C(CC[C@]3(C)C(=O)C(F)CC23)[C@@]2(C)CCC(=NOC3CCNC3)C=C12. The molecule has 0 bridgehead atoms. The Bertz CT molecular complexity index is 849. The highest BCUT2D eigenvalue weighted by molar-refractivity contribution is 6.10. The van der Waals surface area contributed by atoms with Gasteiger partial charge in [0.25, 0.3) is 0 Å². The van der Waals surface area contributed by atoms with Crippen LogP contribution < -0.4 is 5.32 Å². The minimum absolute atomic E-state index is 0.0625. The Labute approximate surface area is 183 Å². The van der Waals surface area contributed by atoms with Crippen LogP contribution in [0.2, 0.25) is 0 Å². The summed E-state index contributed by atoms with van der Waals surface area (Å²) in [5, 5.41) is 12.2. The van der Waals surface area contributed by atoms with Crippen LogP contribution in [0.5, 0.6) is 0 Å². The Morgan fingerprint density at radius 2 is 2.00 bits per heavy atom. The minimum atomic E-state index is -1.31. The van der Waals surface area contributed by atoms with E-state index in [1.54, 1.807) is 7.11 Å². The number of rotatable bonds is 3. The number of carbonyl (C=O) groups is 1. The van der Waals surface area contributed by atoms with E-state index >= 15 is 0 Å². The summed E-state index contributed by atoms with van der Waals surface area (Å²) in [7, 11) is 1.58. The van der Waals surface area contributed by atoms with Crippen molar-refractivity contribution in [2.24, 2.45) is 38.9 Å². The molecule has 0 radical (unpaired) electrons. The van der Waals surface area contributed by atoms with Gasteiger partial charge in [0, 0.05) is 18.4 Å². The molecule has 3 saturated carbocycles. The molecule has 1 saturated heterocycles. The first-order valence-corrected chi connectivity index (χ1v) is 11.8. The van der Waals surface area contributed by atoms with E-state index in [9.17, 15) is 9.18 Å². The highest BCUT2D eigenvalue weighted by atomic mass is 19.1. The molecular weight excluding hydrogens is 397 g/mol. The monoisotopic (exact) mass is 431 g/mol. The number of fused-ring (bicyclic) bond motifs is 5. The zero-order valence-corrected chi connectivity index (χ0v) is 18.8. The van der Waals surface area contributed by atoms with Gasteiger partial charge in [0.1, 0.15) is 13.2 Å². The molecule has 4 aliphatic carbocycles. The number of hydrogen-bond acceptors (Lipinski definition) is 6. The van der Waals surface area contributed by atoms with Crippen molar-refractivity contribution in [3.05, 3.63) is 11.6 Å². The number of hydrogen-bond donors (Lipinski definition) is 1. The van der Waals surface area contributed by atoms with Crippen molar-refractivity contribution in [3.63, 3.8) is 0 Å². The molecule has 1 heterocycles. The van der Waals surface area contributed by atoms with Crippen molar-refractivity contribution in [1.29, 1.82) is 0 Å². The number of nitrogens with one attached hydrogen (secondary N) is 1. The molecule has 0 spiro atoms. The number of halogens is 1. The van der Waals surface area contributed by atoms with Gasteiger partial charge >= 0.3 is 0 Å². The molecule has 5 aliphatic rings. The second kappa shape index (κ2) is 7.68. The highest BCUT2D eigenvalue weighted by Gasteiger charge is 2.62. The first kappa shape index (κ1) is 21.1. The lowest BCUT2D eigenvalue weighted by atomic mass is 9.47. The number of oxime groups is 2. The molecule has 1 aliphatic heterocycles. The van der Waals surface area contributed by atoms with Crippen LogP contribution >= 0.6 is 0 Å². The molecule has 4 fully saturated rings. The maximum absolute atomic E-state index is 14.5. The van der Waals surface area contributed by atoms with Crippen molar-refractivity contribution in [1.82, 2.24) is 5.32 Å². The zero-order chi connectivity index (χ0) is 21.8. The number of nitrogens with zero attached hydrogens (tertiary/aromatic N) is 2. The van der Waals surface area contributed by atoms with E-state index in [0.717, 1.165) is 63.0 Å². The van der Waals surface area contributed by atoms with Crippen molar-refractivity contribution in [2.45, 2.75) is 71.1 Å². The average molecular weight is 432 g/mol. The third-order valence-corrected chi connectivity index (χ3v) is 9.06. The van der Waals surface area contributed by atoms with Crippen molar-refractivity contribution >= 4 is 17.2 Å². The molecule has 6 nitrogen and oxygen atoms in total. The summed E-state index contributed by atoms with van der Waals surface area (Å²) >= 11 is 0. The molecule has 0 aromatic heterocycles. The molecule has 170 valence electrons. The first-order chi connectivity index (χ1) is 14.9. The van der Waals surface area contributed by atoms with Gasteiger partial charge in [0.05, 0.1) is 11.4 Å². The van der Waals surface area contributed by atoms with Gasteiger partial charge in [-0.25, -0.2) is 4.39 Å². The fraction of sp³-hybridized carbons (Fsp3) is 0.792. The van der Waals surface area contributed by atoms with Crippen LogP contribution in [0, 0.1) is 28.6 Å². The quantitative estimate of drug-likeness (QED) is 0.690. The van der Waals surface area contributed by atoms with Crippen molar-refractivity contribution in [3.8, 4) is 0 Å². The largest absolute Gasteiger partial charge is 0.399 e. The summed E-state index contributed by atoms with van der Waals surface area (Å²) in [4.78, 5) is 23.7. The van der Waals surface area contributed by atoms with Crippen LogP contribution in [0.25, 0.3) is 0 Å². The number of ketones is 1. The second-order valence-corrected chi connectivity index (χ2v) is 10.6. The molecule has 0 aromatic rings. The number of Topliss-reactive ketones (excluding diaryl/α,β-unsaturated/α-hetero) is 1. The van der Waals surface area contributed by atoms with E-state index in [1.807, 2.05) is 6.92 Å². The average Bonchev–Trinajstić information content (AvgIpc) is 3.35. The lowest BCUT2D eigenvalue weighted by molar-refractivity contribution is -0.134. The molecule has 7 atom stereocenters. The lowest BCUT2D eigenvalue weighted by Gasteiger charge is -2.56. The molecular formula is C24H34FN3O3. The lowest BCUT2D eigenvalue weighted by Crippen LogP contribution is -2.53. The first-order valence-electron chi connectivity index (χ1n) is 11.8. The molecule has 5 unspecified atom stereocenters. The van der Waals surface area contributed by atoms with Gasteiger partial charge in [-0.15, -0.1) is 0 Å². The Kier molecular flexibility index (Phi) is 5.23. The molecule has 5 rings (SSSR count). The second-order valence-electron chi connectivity index (χ2n) is 10.6. The fourth-order valence-electron chi connectivity index (χ4n) is 7.30. The van der Waals surface area contributed by atoms with E-state index < -0.39 is 11.6 Å². The van der Waals surface area contributed by atoms with Gasteiger partial charge in [-0.05, 0) is 79.9 Å². The third-order valence-electron chi connectivity index (χ3n) is 9.06. The van der Waals surface area contributed by atoms with Gasteiger partial charge in [0.15, 0.2) is 12.0 Å². The summed E-state index contributed by atoms with van der Waals surface area (Å²) in [6.45, 7) is 6.15. The maximum Gasteiger partial charge on any atom is 0.173 e. The summed E-state index contributed by atoms with van der Waals surface area (Å²) in [5.74, 6) is 0.595. The van der Waals surface area contributed by atoms with Crippen LogP contribution in [0.1, 0.15) is 58.8 Å². The van der Waals surface area contributed by atoms with Crippen LogP contribution in [0.15, 0.2) is 22.0 Å². The summed E-state index contributed by atoms with van der Waals surface area (Å²) < 4.78 is 14.5. The highest BCUT2D eigenvalue weighted by Crippen LogP contribution is 2.64. The van der Waals surface area contributed by atoms with Gasteiger partial charge in [-0.3, -0.25) is 4.79 Å². The van der Waals surface area contributed by atoms with Crippen molar-refractivity contribution in [2.75, 3.05) is 20.2 Å². The molecule has 7 heteroatoms. The summed E-state index contributed by atoms with van der Waals surface area (Å²) in [6, 6.07) is 0. The third kappa shape index (κ3) is 3.26. The maximum atomic E-state index is 14.5. The predicted octanol–water partition coefficient (Wildman–Crippen LogP) is 3.81. The van der Waals surface area contributed by atoms with Gasteiger partial charge in [-0.1, -0.05) is 24.2 Å². The zero-order valence-electron chi connectivity index (χ0n) is 18.8. The Balaban J connectivity index is 1.47. The number of alkyl halides is 1. The summed E-state index contributed by atoms with van der Waals surface area (Å²) in [6.07, 6.45) is 6.64. The van der Waals surface area contributed by atoms with Gasteiger partial charge < -0.3 is 15.0 Å². The molecule has 0 amide bonds. The van der Waals surface area contributed by atoms with Gasteiger partial charge in [-0.2, -0.15) is 0 Å². The normalized spacial score (nSPS) is 47.0. The van der Waals surface area contributed by atoms with E-state index in [-0.39, 0.29) is 29.1 Å². The van der Waals surface area contributed by atoms with E-state index in [2.05, 4.69) is 28.6 Å². The topological polar surface area (TPSA) is 72.3 Å². The predicted molar refractivity (Wildman–Crippen MR) is 117 cm³/mol. The van der Waals surface area contributed by atoms with Crippen LogP contribution in [-0.4, -0.2) is 49.7 Å². The Hall–Kier alpha value is -1.76. The number of carbonyl (C=O) groups excluding carboxylic acids is 1. The van der Waals surface area contributed by atoms with E-state index in [0.29, 0.717) is 12.3 Å². The van der Waals surface area contributed by atoms with E-state index in [4.69, 9.17) is 9.68 Å². The Morgan fingerprint density at radius 1 is 1.16 bits per heavy atom. The van der Waals surface area contributed by atoms with Crippen LogP contribution in [0.3, 0.4) is 0 Å². The fourth-order valence-corrected chi connectivity index (χ4v) is 7.30. The molecule has 31 heavy (non-hydrogen) atoms. The van der Waals surface area contributed by atoms with E-state index in [1.165, 1.54) is 5.57 Å². The van der Waals surface area contributed by atoms with Crippen LogP contribution in [-0.2, 0) is 14.5 Å². The van der Waals surface area contributed by atoms with Crippen LogP contribution in [0.4, 0.5) is 4.39 Å². The molecule has 1 N–H and O–H groups in total. The Morgan fingerprint density at radius 3 is 2.74 bits per heavy atom. The summed E-state index contributed by atoms with van der Waals surface area (Å²) in [5.41, 5.74) is 2.49. The standard InChI is InChI=1S/C24H34FN3O3/c1-23-7-4-14(27-31-15-6-9-26-13-15)10-19(23)21(28-30-3)11-16-17(23)5-8-24(2)18(16)12-20(25)22(24)29/h10,15-18,20,26H,4-9,11-13H2,1-3H3/t15?,16?,17?,18?,20?,23-,24+/m1/s1. The van der Waals surface area contributed by atoms with Gasteiger partial charge in [0.2, 0.25) is 0 Å². The number of allylic oxidation sites excluding steroid dienone is 2. The minimum Gasteiger partial charge on any atom is -0.399 e. The van der Waals surface area contributed by atoms with Crippen molar-refractivity contribution < 1.29 is 18.9 Å².